The summed E-state index contributed by atoms with van der Waals surface area (Å²) in [4.78, 5) is 0.314. The average Bonchev–Trinajstić information content (AvgIpc) is 2.33. The maximum Gasteiger partial charge on any atom is 0.243 e. The molecule has 5 nitrogen and oxygen atoms in total. The van der Waals surface area contributed by atoms with Crippen LogP contribution >= 0.6 is 0 Å². The van der Waals surface area contributed by atoms with E-state index in [1.807, 2.05) is 13.8 Å². The van der Waals surface area contributed by atoms with Crippen molar-refractivity contribution in [1.82, 2.24) is 4.31 Å². The fraction of sp³-hybridized carbons (Fsp3) is 0.600. The maximum absolute atomic E-state index is 12.7. The van der Waals surface area contributed by atoms with Crippen LogP contribution in [0.4, 0.5) is 0 Å². The zero-order chi connectivity index (χ0) is 16.0. The average molecular weight is 313 g/mol. The third-order valence-electron chi connectivity index (χ3n) is 4.24. The van der Waals surface area contributed by atoms with Crippen molar-refractivity contribution in [2.45, 2.75) is 38.2 Å². The van der Waals surface area contributed by atoms with E-state index in [0.29, 0.717) is 21.8 Å². The van der Waals surface area contributed by atoms with Gasteiger partial charge in [-0.25, -0.2) is 8.42 Å². The van der Waals surface area contributed by atoms with E-state index in [1.54, 1.807) is 33.1 Å². The van der Waals surface area contributed by atoms with Crippen molar-refractivity contribution in [3.63, 3.8) is 0 Å². The summed E-state index contributed by atoms with van der Waals surface area (Å²) in [7, 11) is -2.02. The minimum Gasteiger partial charge on any atom is -0.497 e. The smallest absolute Gasteiger partial charge is 0.243 e. The number of nitrogens with zero attached hydrogens (tertiary/aromatic N) is 1. The molecular weight excluding hydrogens is 290 g/mol. The molecule has 21 heavy (non-hydrogen) atoms. The predicted octanol–water partition coefficient (Wildman–Crippen LogP) is 1.70. The van der Waals surface area contributed by atoms with Crippen LogP contribution in [-0.4, -0.2) is 43.6 Å². The van der Waals surface area contributed by atoms with E-state index >= 15 is 0 Å². The quantitative estimate of drug-likeness (QED) is 0.919. The lowest BCUT2D eigenvalue weighted by Gasteiger charge is -2.48. The van der Waals surface area contributed by atoms with E-state index in [4.69, 9.17) is 4.74 Å². The van der Waals surface area contributed by atoms with Crippen molar-refractivity contribution in [3.8, 4) is 5.75 Å². The van der Waals surface area contributed by atoms with Crippen molar-refractivity contribution >= 4 is 10.0 Å². The van der Waals surface area contributed by atoms with Gasteiger partial charge in [-0.05, 0) is 43.0 Å². The first-order valence-corrected chi connectivity index (χ1v) is 8.43. The van der Waals surface area contributed by atoms with Gasteiger partial charge in [-0.3, -0.25) is 0 Å². The highest BCUT2D eigenvalue weighted by Crippen LogP contribution is 2.36. The Kier molecular flexibility index (Phi) is 4.08. The number of aryl methyl sites for hydroxylation is 2. The summed E-state index contributed by atoms with van der Waals surface area (Å²) in [5.74, 6) is 0.674. The van der Waals surface area contributed by atoms with E-state index in [-0.39, 0.29) is 19.0 Å². The second-order valence-corrected chi connectivity index (χ2v) is 8.00. The van der Waals surface area contributed by atoms with Crippen LogP contribution in [0.25, 0.3) is 0 Å². The lowest BCUT2D eigenvalue weighted by atomic mass is 9.85. The van der Waals surface area contributed by atoms with Crippen molar-refractivity contribution < 1.29 is 18.3 Å². The molecule has 6 heteroatoms. The second-order valence-electron chi connectivity index (χ2n) is 6.12. The van der Waals surface area contributed by atoms with Gasteiger partial charge in [0.1, 0.15) is 5.75 Å². The van der Waals surface area contributed by atoms with Crippen LogP contribution in [0, 0.1) is 19.8 Å². The molecule has 1 saturated heterocycles. The van der Waals surface area contributed by atoms with Crippen molar-refractivity contribution in [2.75, 3.05) is 20.2 Å². The highest BCUT2D eigenvalue weighted by molar-refractivity contribution is 7.89. The van der Waals surface area contributed by atoms with Gasteiger partial charge in [0.25, 0.3) is 0 Å². The number of hydrogen-bond donors (Lipinski definition) is 1. The van der Waals surface area contributed by atoms with Crippen LogP contribution in [0.1, 0.15) is 25.0 Å². The molecule has 0 bridgehead atoms. The van der Waals surface area contributed by atoms with E-state index in [1.165, 1.54) is 4.31 Å². The fourth-order valence-electron chi connectivity index (χ4n) is 2.66. The van der Waals surface area contributed by atoms with Gasteiger partial charge in [0.05, 0.1) is 17.6 Å². The molecule has 0 spiro atoms. The van der Waals surface area contributed by atoms with E-state index in [9.17, 15) is 13.5 Å². The highest BCUT2D eigenvalue weighted by atomic mass is 32.2. The Labute approximate surface area is 126 Å². The topological polar surface area (TPSA) is 66.8 Å². The summed E-state index contributed by atoms with van der Waals surface area (Å²) in [6.07, 6.45) is 0. The standard InChI is InChI=1S/C15H23NO4S/c1-10(2)15(17)8-16(9-15)21(18,19)14-11(3)6-13(20-5)7-12(14)4/h6-7,10,17H,8-9H2,1-5H3. The Morgan fingerprint density at radius 1 is 1.24 bits per heavy atom. The van der Waals surface area contributed by atoms with E-state index in [2.05, 4.69) is 0 Å². The molecule has 0 aliphatic carbocycles. The number of rotatable bonds is 4. The molecule has 1 aromatic rings. The molecule has 0 amide bonds. The predicted molar refractivity (Wildman–Crippen MR) is 81.0 cm³/mol. The summed E-state index contributed by atoms with van der Waals surface area (Å²) in [6, 6.07) is 3.43. The Bertz CT molecular complexity index is 623. The summed E-state index contributed by atoms with van der Waals surface area (Å²) >= 11 is 0. The van der Waals surface area contributed by atoms with Crippen LogP contribution in [0.5, 0.6) is 5.75 Å². The zero-order valence-corrected chi connectivity index (χ0v) is 14.0. The van der Waals surface area contributed by atoms with Crippen molar-refractivity contribution in [1.29, 1.82) is 0 Å². The van der Waals surface area contributed by atoms with Crippen LogP contribution in [0.2, 0.25) is 0 Å². The Balaban J connectivity index is 2.35. The highest BCUT2D eigenvalue weighted by Gasteiger charge is 2.49. The van der Waals surface area contributed by atoms with Gasteiger partial charge in [-0.15, -0.1) is 0 Å². The normalized spacial score (nSPS) is 18.6. The summed E-state index contributed by atoms with van der Waals surface area (Å²) in [5.41, 5.74) is 0.403. The van der Waals surface area contributed by atoms with E-state index in [0.717, 1.165) is 0 Å². The molecule has 2 rings (SSSR count). The van der Waals surface area contributed by atoms with Gasteiger partial charge in [-0.2, -0.15) is 4.31 Å². The SMILES string of the molecule is COc1cc(C)c(S(=O)(=O)N2CC(O)(C(C)C)C2)c(C)c1. The number of ether oxygens (including phenoxy) is 1. The zero-order valence-electron chi connectivity index (χ0n) is 13.2. The van der Waals surface area contributed by atoms with Gasteiger partial charge in [0.15, 0.2) is 0 Å². The van der Waals surface area contributed by atoms with Crippen LogP contribution in [0.3, 0.4) is 0 Å². The Morgan fingerprint density at radius 2 is 1.71 bits per heavy atom. The molecule has 0 unspecified atom stereocenters. The molecule has 1 N–H and O–H groups in total. The second kappa shape index (κ2) is 5.26. The van der Waals surface area contributed by atoms with Crippen molar-refractivity contribution in [2.24, 2.45) is 5.92 Å². The lowest BCUT2D eigenvalue weighted by Crippen LogP contribution is -2.65. The first-order chi connectivity index (χ1) is 9.61. The molecule has 1 fully saturated rings. The van der Waals surface area contributed by atoms with Crippen LogP contribution < -0.4 is 4.74 Å². The fourth-order valence-corrected chi connectivity index (χ4v) is 4.64. The number of aliphatic hydroxyl groups is 1. The minimum atomic E-state index is -3.58. The lowest BCUT2D eigenvalue weighted by molar-refractivity contribution is -0.0932. The summed E-state index contributed by atoms with van der Waals surface area (Å²) in [5, 5.41) is 10.3. The number of benzene rings is 1. The maximum atomic E-state index is 12.7. The van der Waals surface area contributed by atoms with Gasteiger partial charge < -0.3 is 9.84 Å². The number of methoxy groups -OCH3 is 1. The van der Waals surface area contributed by atoms with E-state index < -0.39 is 15.6 Å². The molecular formula is C15H23NO4S. The largest absolute Gasteiger partial charge is 0.497 e. The Hall–Kier alpha value is -1.11. The minimum absolute atomic E-state index is 0.0296. The number of hydrogen-bond acceptors (Lipinski definition) is 4. The van der Waals surface area contributed by atoms with Gasteiger partial charge in [0.2, 0.25) is 10.0 Å². The molecule has 0 saturated carbocycles. The molecule has 118 valence electrons. The first kappa shape index (κ1) is 16.3. The van der Waals surface area contributed by atoms with Crippen LogP contribution in [0.15, 0.2) is 17.0 Å². The number of sulfonamides is 1. The molecule has 1 aliphatic heterocycles. The summed E-state index contributed by atoms with van der Waals surface area (Å²) in [6.45, 7) is 7.62. The molecule has 1 heterocycles. The first-order valence-electron chi connectivity index (χ1n) is 6.99. The summed E-state index contributed by atoms with van der Waals surface area (Å²) < 4.78 is 32.0. The van der Waals surface area contributed by atoms with Crippen LogP contribution in [-0.2, 0) is 10.0 Å². The third-order valence-corrected chi connectivity index (χ3v) is 6.34. The molecule has 1 aromatic carbocycles. The van der Waals surface area contributed by atoms with Crippen molar-refractivity contribution in [3.05, 3.63) is 23.3 Å². The van der Waals surface area contributed by atoms with Gasteiger partial charge >= 0.3 is 0 Å². The monoisotopic (exact) mass is 313 g/mol. The molecule has 1 aliphatic rings. The molecule has 0 aromatic heterocycles. The molecule has 0 radical (unpaired) electrons. The molecule has 0 atom stereocenters. The third kappa shape index (κ3) is 2.67. The van der Waals surface area contributed by atoms with Gasteiger partial charge in [0, 0.05) is 13.1 Å². The van der Waals surface area contributed by atoms with Gasteiger partial charge in [-0.1, -0.05) is 13.8 Å². The number of β-amino-alcohol motifs (C(OH)–C–C–N with tert-alkyl or cyclic N) is 1. The Morgan fingerprint density at radius 3 is 2.10 bits per heavy atom.